The molecule has 7 heteroatoms. The Labute approximate surface area is 124 Å². The maximum absolute atomic E-state index is 11.5. The van der Waals surface area contributed by atoms with E-state index in [0.29, 0.717) is 24.5 Å². The van der Waals surface area contributed by atoms with Crippen molar-refractivity contribution in [2.45, 2.75) is 6.42 Å². The Morgan fingerprint density at radius 3 is 2.62 bits per heavy atom. The molecule has 4 N–H and O–H groups in total. The summed E-state index contributed by atoms with van der Waals surface area (Å²) in [6.45, 7) is 1.05. The van der Waals surface area contributed by atoms with Crippen molar-refractivity contribution in [3.63, 3.8) is 0 Å². The molecule has 0 aliphatic heterocycles. The van der Waals surface area contributed by atoms with Crippen molar-refractivity contribution < 1.29 is 14.3 Å². The number of carbonyl (C=O) groups is 2. The van der Waals surface area contributed by atoms with Gasteiger partial charge in [-0.25, -0.2) is 4.79 Å². The van der Waals surface area contributed by atoms with Crippen molar-refractivity contribution in [1.82, 2.24) is 15.5 Å². The lowest BCUT2D eigenvalue weighted by molar-refractivity contribution is -0.121. The van der Waals surface area contributed by atoms with E-state index in [0.717, 1.165) is 0 Å². The van der Waals surface area contributed by atoms with E-state index in [-0.39, 0.29) is 25.0 Å². The van der Waals surface area contributed by atoms with E-state index in [1.165, 1.54) is 4.90 Å². The minimum absolute atomic E-state index is 0.127. The molecule has 116 valence electrons. The number of rotatable bonds is 7. The highest BCUT2D eigenvalue weighted by atomic mass is 16.5. The molecular formula is C14H22N4O3. The van der Waals surface area contributed by atoms with Gasteiger partial charge in [-0.2, -0.15) is 0 Å². The molecular weight excluding hydrogens is 272 g/mol. The highest BCUT2D eigenvalue weighted by Crippen LogP contribution is 2.14. The molecule has 1 rings (SSSR count). The van der Waals surface area contributed by atoms with E-state index >= 15 is 0 Å². The number of hydrogen-bond donors (Lipinski definition) is 3. The average molecular weight is 294 g/mol. The van der Waals surface area contributed by atoms with Crippen molar-refractivity contribution in [3.8, 4) is 5.75 Å². The second-order valence-electron chi connectivity index (χ2n) is 4.65. The van der Waals surface area contributed by atoms with Crippen molar-refractivity contribution in [2.75, 3.05) is 39.5 Å². The van der Waals surface area contributed by atoms with Crippen molar-refractivity contribution in [2.24, 2.45) is 0 Å². The van der Waals surface area contributed by atoms with Crippen LogP contribution in [0.1, 0.15) is 6.42 Å². The average Bonchev–Trinajstić information content (AvgIpc) is 2.43. The molecule has 21 heavy (non-hydrogen) atoms. The lowest BCUT2D eigenvalue weighted by Crippen LogP contribution is -2.39. The Morgan fingerprint density at radius 1 is 1.24 bits per heavy atom. The molecule has 1 aromatic rings. The van der Waals surface area contributed by atoms with Gasteiger partial charge in [-0.3, -0.25) is 4.79 Å². The molecule has 1 aromatic carbocycles. The van der Waals surface area contributed by atoms with E-state index in [1.807, 2.05) is 0 Å². The Morgan fingerprint density at radius 2 is 1.95 bits per heavy atom. The normalized spacial score (nSPS) is 9.81. The summed E-state index contributed by atoms with van der Waals surface area (Å²) in [6, 6.07) is 6.86. The number of carbonyl (C=O) groups excluding carboxylic acids is 2. The first-order valence-electron chi connectivity index (χ1n) is 6.69. The summed E-state index contributed by atoms with van der Waals surface area (Å²) in [5.41, 5.74) is 6.24. The molecule has 7 nitrogen and oxygen atoms in total. The molecule has 0 spiro atoms. The zero-order valence-electron chi connectivity index (χ0n) is 12.4. The molecule has 0 bridgehead atoms. The highest BCUT2D eigenvalue weighted by Gasteiger charge is 2.04. The summed E-state index contributed by atoms with van der Waals surface area (Å²) in [6.07, 6.45) is 0.246. The fourth-order valence-corrected chi connectivity index (χ4v) is 1.48. The smallest absolute Gasteiger partial charge is 0.316 e. The largest absolute Gasteiger partial charge is 0.493 e. The second kappa shape index (κ2) is 8.68. The van der Waals surface area contributed by atoms with E-state index in [4.69, 9.17) is 10.5 Å². The van der Waals surface area contributed by atoms with Crippen LogP contribution in [-0.4, -0.2) is 50.6 Å². The van der Waals surface area contributed by atoms with Gasteiger partial charge in [-0.15, -0.1) is 0 Å². The predicted octanol–water partition coefficient (Wildman–Crippen LogP) is 0.425. The van der Waals surface area contributed by atoms with Gasteiger partial charge < -0.3 is 26.0 Å². The fourth-order valence-electron chi connectivity index (χ4n) is 1.48. The maximum Gasteiger partial charge on any atom is 0.316 e. The molecule has 0 saturated heterocycles. The zero-order valence-corrected chi connectivity index (χ0v) is 12.4. The number of benzene rings is 1. The Balaban J connectivity index is 2.10. The van der Waals surface area contributed by atoms with E-state index < -0.39 is 0 Å². The number of nitrogen functional groups attached to an aromatic ring is 1. The van der Waals surface area contributed by atoms with Crippen LogP contribution in [0.4, 0.5) is 10.5 Å². The molecule has 0 unspecified atom stereocenters. The van der Waals surface area contributed by atoms with Crippen LogP contribution in [0.2, 0.25) is 0 Å². The second-order valence-corrected chi connectivity index (χ2v) is 4.65. The van der Waals surface area contributed by atoms with Gasteiger partial charge in [0, 0.05) is 38.9 Å². The topological polar surface area (TPSA) is 96.7 Å². The molecule has 0 atom stereocenters. The number of nitrogens with zero attached hydrogens (tertiary/aromatic N) is 1. The lowest BCUT2D eigenvalue weighted by Gasteiger charge is -2.12. The standard InChI is InChI=1S/C14H22N4O3/c1-18(2)14(20)17-8-7-16-13(19)6-9-21-12-5-3-4-11(15)10-12/h3-5,10H,6-9,15H2,1-2H3,(H,16,19)(H,17,20). The first-order chi connectivity index (χ1) is 9.99. The van der Waals surface area contributed by atoms with Crippen LogP contribution in [0.25, 0.3) is 0 Å². The molecule has 0 saturated carbocycles. The number of anilines is 1. The predicted molar refractivity (Wildman–Crippen MR) is 81.1 cm³/mol. The molecule has 0 aliphatic carbocycles. The monoisotopic (exact) mass is 294 g/mol. The summed E-state index contributed by atoms with van der Waals surface area (Å²) in [5.74, 6) is 0.513. The lowest BCUT2D eigenvalue weighted by atomic mass is 10.3. The Kier molecular flexibility index (Phi) is 6.86. The third-order valence-corrected chi connectivity index (χ3v) is 2.59. The van der Waals surface area contributed by atoms with Crippen LogP contribution in [0, 0.1) is 0 Å². The molecule has 0 aromatic heterocycles. The summed E-state index contributed by atoms with van der Waals surface area (Å²) in [5, 5.41) is 5.35. The van der Waals surface area contributed by atoms with E-state index in [1.54, 1.807) is 38.4 Å². The van der Waals surface area contributed by atoms with Gasteiger partial charge in [0.05, 0.1) is 13.0 Å². The van der Waals surface area contributed by atoms with Crippen molar-refractivity contribution in [1.29, 1.82) is 0 Å². The zero-order chi connectivity index (χ0) is 15.7. The number of nitrogens with one attached hydrogen (secondary N) is 2. The number of amides is 3. The van der Waals surface area contributed by atoms with Gasteiger partial charge >= 0.3 is 6.03 Å². The quantitative estimate of drug-likeness (QED) is 0.502. The van der Waals surface area contributed by atoms with Gasteiger partial charge in [0.1, 0.15) is 5.75 Å². The van der Waals surface area contributed by atoms with Crippen molar-refractivity contribution >= 4 is 17.6 Å². The van der Waals surface area contributed by atoms with Crippen LogP contribution in [0.15, 0.2) is 24.3 Å². The number of nitrogens with two attached hydrogens (primary N) is 1. The number of ether oxygens (including phenoxy) is 1. The van der Waals surface area contributed by atoms with Crippen molar-refractivity contribution in [3.05, 3.63) is 24.3 Å². The van der Waals surface area contributed by atoms with Gasteiger partial charge in [0.15, 0.2) is 0 Å². The third kappa shape index (κ3) is 7.05. The fraction of sp³-hybridized carbons (Fsp3) is 0.429. The summed E-state index contributed by atoms with van der Waals surface area (Å²) < 4.78 is 5.42. The molecule has 0 radical (unpaired) electrons. The van der Waals surface area contributed by atoms with E-state index in [2.05, 4.69) is 10.6 Å². The molecule has 0 fully saturated rings. The number of hydrogen-bond acceptors (Lipinski definition) is 4. The van der Waals surface area contributed by atoms with Gasteiger partial charge in [-0.1, -0.05) is 6.07 Å². The summed E-state index contributed by atoms with van der Waals surface area (Å²) in [4.78, 5) is 24.2. The third-order valence-electron chi connectivity index (χ3n) is 2.59. The van der Waals surface area contributed by atoms with Crippen LogP contribution in [0.5, 0.6) is 5.75 Å². The van der Waals surface area contributed by atoms with Gasteiger partial charge in [0.25, 0.3) is 0 Å². The van der Waals surface area contributed by atoms with Crippen LogP contribution >= 0.6 is 0 Å². The Hall–Kier alpha value is -2.44. The molecule has 3 amide bonds. The van der Waals surface area contributed by atoms with Gasteiger partial charge in [0.2, 0.25) is 5.91 Å². The molecule has 0 heterocycles. The van der Waals surface area contributed by atoms with Crippen LogP contribution in [-0.2, 0) is 4.79 Å². The number of urea groups is 1. The van der Waals surface area contributed by atoms with Crippen LogP contribution in [0.3, 0.4) is 0 Å². The minimum Gasteiger partial charge on any atom is -0.493 e. The molecule has 0 aliphatic rings. The minimum atomic E-state index is -0.186. The summed E-state index contributed by atoms with van der Waals surface area (Å²) in [7, 11) is 3.31. The first kappa shape index (κ1) is 16.6. The SMILES string of the molecule is CN(C)C(=O)NCCNC(=O)CCOc1cccc(N)c1. The van der Waals surface area contributed by atoms with Gasteiger partial charge in [-0.05, 0) is 12.1 Å². The van der Waals surface area contributed by atoms with Crippen LogP contribution < -0.4 is 21.1 Å². The Bertz CT molecular complexity index is 477. The first-order valence-corrected chi connectivity index (χ1v) is 6.69. The summed E-state index contributed by atoms with van der Waals surface area (Å²) >= 11 is 0. The van der Waals surface area contributed by atoms with E-state index in [9.17, 15) is 9.59 Å². The highest BCUT2D eigenvalue weighted by molar-refractivity contribution is 5.76. The maximum atomic E-state index is 11.5.